The van der Waals surface area contributed by atoms with Crippen molar-refractivity contribution in [1.29, 1.82) is 0 Å². The van der Waals surface area contributed by atoms with Crippen LogP contribution in [0.5, 0.6) is 0 Å². The number of benzene rings is 1. The molecule has 5 heteroatoms. The molecule has 1 saturated heterocycles. The van der Waals surface area contributed by atoms with Crippen molar-refractivity contribution in [3.8, 4) is 0 Å². The largest absolute Gasteiger partial charge is 0.396 e. The van der Waals surface area contributed by atoms with E-state index < -0.39 is 0 Å². The molecule has 1 aliphatic heterocycles. The lowest BCUT2D eigenvalue weighted by atomic mass is 10.2. The third-order valence-corrected chi connectivity index (χ3v) is 3.37. The van der Waals surface area contributed by atoms with Crippen LogP contribution in [-0.2, 0) is 4.79 Å². The first-order chi connectivity index (χ1) is 8.09. The summed E-state index contributed by atoms with van der Waals surface area (Å²) in [7, 11) is 1.83. The van der Waals surface area contributed by atoms with Crippen molar-refractivity contribution in [2.45, 2.75) is 6.42 Å². The molecule has 1 heterocycles. The third kappa shape index (κ3) is 2.47. The molecule has 17 heavy (non-hydrogen) atoms. The number of amides is 1. The van der Waals surface area contributed by atoms with Crippen molar-refractivity contribution in [2.24, 2.45) is 0 Å². The van der Waals surface area contributed by atoms with E-state index in [0.29, 0.717) is 17.3 Å². The predicted octanol–water partition coefficient (Wildman–Crippen LogP) is 1.59. The van der Waals surface area contributed by atoms with E-state index in [0.717, 1.165) is 25.2 Å². The second kappa shape index (κ2) is 4.84. The number of para-hydroxylation sites is 1. The van der Waals surface area contributed by atoms with Gasteiger partial charge in [0.05, 0.1) is 22.9 Å². The maximum Gasteiger partial charge on any atom is 0.241 e. The molecule has 4 nitrogen and oxygen atoms in total. The molecular formula is C12H16ClN3O. The average molecular weight is 254 g/mol. The maximum atomic E-state index is 11.8. The van der Waals surface area contributed by atoms with Gasteiger partial charge >= 0.3 is 0 Å². The first kappa shape index (κ1) is 12.0. The highest BCUT2D eigenvalue weighted by atomic mass is 35.5. The molecule has 1 aliphatic rings. The fraction of sp³-hybridized carbons (Fsp3) is 0.417. The van der Waals surface area contributed by atoms with Gasteiger partial charge in [-0.1, -0.05) is 17.7 Å². The van der Waals surface area contributed by atoms with Crippen LogP contribution in [0.1, 0.15) is 6.42 Å². The lowest BCUT2D eigenvalue weighted by Gasteiger charge is -2.23. The van der Waals surface area contributed by atoms with Crippen LogP contribution in [0.15, 0.2) is 18.2 Å². The zero-order valence-electron chi connectivity index (χ0n) is 9.82. The number of carbonyl (C=O) groups is 1. The predicted molar refractivity (Wildman–Crippen MR) is 70.3 cm³/mol. The number of hydrogen-bond acceptors (Lipinski definition) is 3. The Morgan fingerprint density at radius 2 is 2.12 bits per heavy atom. The summed E-state index contributed by atoms with van der Waals surface area (Å²) in [5.41, 5.74) is 7.34. The topological polar surface area (TPSA) is 49.6 Å². The van der Waals surface area contributed by atoms with Crippen LogP contribution in [0.4, 0.5) is 11.4 Å². The molecule has 0 unspecified atom stereocenters. The van der Waals surface area contributed by atoms with Gasteiger partial charge in [-0.2, -0.15) is 0 Å². The first-order valence-electron chi connectivity index (χ1n) is 5.62. The minimum Gasteiger partial charge on any atom is -0.396 e. The Bertz CT molecular complexity index is 436. The molecule has 0 spiro atoms. The van der Waals surface area contributed by atoms with Crippen molar-refractivity contribution >= 4 is 28.9 Å². The number of nitrogens with two attached hydrogens (primary N) is 1. The highest BCUT2D eigenvalue weighted by Gasteiger charge is 2.20. The molecule has 0 aliphatic carbocycles. The molecule has 1 amide bonds. The Kier molecular flexibility index (Phi) is 3.43. The van der Waals surface area contributed by atoms with Crippen molar-refractivity contribution in [2.75, 3.05) is 37.3 Å². The number of carbonyl (C=O) groups excluding carboxylic acids is 1. The highest BCUT2D eigenvalue weighted by molar-refractivity contribution is 6.33. The van der Waals surface area contributed by atoms with Crippen molar-refractivity contribution < 1.29 is 4.79 Å². The lowest BCUT2D eigenvalue weighted by Crippen LogP contribution is -2.34. The average Bonchev–Trinajstić information content (AvgIpc) is 2.46. The van der Waals surface area contributed by atoms with E-state index in [1.807, 2.05) is 24.1 Å². The molecule has 92 valence electrons. The van der Waals surface area contributed by atoms with E-state index in [4.69, 9.17) is 17.3 Å². The van der Waals surface area contributed by atoms with E-state index in [-0.39, 0.29) is 5.91 Å². The highest BCUT2D eigenvalue weighted by Crippen LogP contribution is 2.30. The number of anilines is 2. The summed E-state index contributed by atoms with van der Waals surface area (Å²) in [5, 5.41) is 0.535. The Labute approximate surface area is 106 Å². The summed E-state index contributed by atoms with van der Waals surface area (Å²) in [6, 6.07) is 5.51. The fourth-order valence-electron chi connectivity index (χ4n) is 1.99. The molecule has 2 rings (SSSR count). The van der Waals surface area contributed by atoms with Gasteiger partial charge in [-0.25, -0.2) is 0 Å². The number of nitrogens with zero attached hydrogens (tertiary/aromatic N) is 2. The first-order valence-corrected chi connectivity index (χ1v) is 6.00. The monoisotopic (exact) mass is 253 g/mol. The molecule has 1 fully saturated rings. The standard InChI is InChI=1S/C12H16ClN3O/c1-15-6-3-7-16(8-11(15)17)10-5-2-4-9(13)12(10)14/h2,4-5H,3,6-8,14H2,1H3. The van der Waals surface area contributed by atoms with Gasteiger partial charge in [0.25, 0.3) is 0 Å². The molecule has 1 aromatic rings. The van der Waals surface area contributed by atoms with E-state index >= 15 is 0 Å². The van der Waals surface area contributed by atoms with Gasteiger partial charge in [-0.3, -0.25) is 4.79 Å². The smallest absolute Gasteiger partial charge is 0.241 e. The second-order valence-corrected chi connectivity index (χ2v) is 4.67. The molecular weight excluding hydrogens is 238 g/mol. The zero-order valence-corrected chi connectivity index (χ0v) is 10.6. The number of nitrogen functional groups attached to an aromatic ring is 1. The minimum atomic E-state index is 0.113. The fourth-order valence-corrected chi connectivity index (χ4v) is 2.16. The molecule has 0 atom stereocenters. The van der Waals surface area contributed by atoms with Gasteiger partial charge in [0, 0.05) is 20.1 Å². The molecule has 0 radical (unpaired) electrons. The Hall–Kier alpha value is -1.42. The SMILES string of the molecule is CN1CCCN(c2cccc(Cl)c2N)CC1=O. The van der Waals surface area contributed by atoms with E-state index in [9.17, 15) is 4.79 Å². The number of rotatable bonds is 1. The van der Waals surface area contributed by atoms with Gasteiger partial charge in [0.2, 0.25) is 5.91 Å². The molecule has 0 bridgehead atoms. The van der Waals surface area contributed by atoms with Crippen molar-refractivity contribution in [1.82, 2.24) is 4.90 Å². The van der Waals surface area contributed by atoms with Crippen LogP contribution in [-0.4, -0.2) is 37.5 Å². The van der Waals surface area contributed by atoms with Crippen molar-refractivity contribution in [3.05, 3.63) is 23.2 Å². The summed E-state index contributed by atoms with van der Waals surface area (Å²) < 4.78 is 0. The molecule has 2 N–H and O–H groups in total. The summed E-state index contributed by atoms with van der Waals surface area (Å²) in [5.74, 6) is 0.113. The molecule has 1 aromatic carbocycles. The van der Waals surface area contributed by atoms with Crippen LogP contribution < -0.4 is 10.6 Å². The summed E-state index contributed by atoms with van der Waals surface area (Å²) in [4.78, 5) is 15.5. The van der Waals surface area contributed by atoms with Gasteiger partial charge in [0.15, 0.2) is 0 Å². The van der Waals surface area contributed by atoms with Crippen LogP contribution in [0.3, 0.4) is 0 Å². The normalized spacial score (nSPS) is 17.2. The van der Waals surface area contributed by atoms with Gasteiger partial charge in [0.1, 0.15) is 0 Å². The van der Waals surface area contributed by atoms with E-state index in [2.05, 4.69) is 0 Å². The number of halogens is 1. The maximum absolute atomic E-state index is 11.8. The Morgan fingerprint density at radius 3 is 2.88 bits per heavy atom. The molecule has 0 saturated carbocycles. The number of likely N-dealkylation sites (N-methyl/N-ethyl adjacent to an activating group) is 1. The summed E-state index contributed by atoms with van der Waals surface area (Å²) in [6.07, 6.45) is 0.939. The Balaban J connectivity index is 2.27. The number of hydrogen-bond donors (Lipinski definition) is 1. The summed E-state index contributed by atoms with van der Waals surface area (Å²) >= 11 is 5.99. The van der Waals surface area contributed by atoms with Crippen LogP contribution in [0.2, 0.25) is 5.02 Å². The zero-order chi connectivity index (χ0) is 12.4. The van der Waals surface area contributed by atoms with E-state index in [1.54, 1.807) is 11.0 Å². The minimum absolute atomic E-state index is 0.113. The van der Waals surface area contributed by atoms with Gasteiger partial charge in [-0.05, 0) is 18.6 Å². The third-order valence-electron chi connectivity index (χ3n) is 3.04. The van der Waals surface area contributed by atoms with Crippen molar-refractivity contribution in [3.63, 3.8) is 0 Å². The quantitative estimate of drug-likeness (QED) is 0.774. The van der Waals surface area contributed by atoms with Crippen LogP contribution in [0.25, 0.3) is 0 Å². The van der Waals surface area contributed by atoms with Gasteiger partial charge < -0.3 is 15.5 Å². The summed E-state index contributed by atoms with van der Waals surface area (Å²) in [6.45, 7) is 1.97. The van der Waals surface area contributed by atoms with Crippen LogP contribution in [0, 0.1) is 0 Å². The van der Waals surface area contributed by atoms with Gasteiger partial charge in [-0.15, -0.1) is 0 Å². The Morgan fingerprint density at radius 1 is 1.35 bits per heavy atom. The second-order valence-electron chi connectivity index (χ2n) is 4.26. The lowest BCUT2D eigenvalue weighted by molar-refractivity contribution is -0.127. The van der Waals surface area contributed by atoms with Crippen LogP contribution >= 0.6 is 11.6 Å². The van der Waals surface area contributed by atoms with E-state index in [1.165, 1.54) is 0 Å². The molecule has 0 aromatic heterocycles.